The van der Waals surface area contributed by atoms with Crippen molar-refractivity contribution in [2.75, 3.05) is 0 Å². The summed E-state index contributed by atoms with van der Waals surface area (Å²) in [6.07, 6.45) is 1.39. The fourth-order valence-corrected chi connectivity index (χ4v) is 1.19. The Bertz CT molecular complexity index is 477. The lowest BCUT2D eigenvalue weighted by Crippen LogP contribution is -1.91. The number of carboxylic acids is 1. The number of rotatable bonds is 1. The molecular weight excluding hydrogens is 194 g/mol. The first-order valence-corrected chi connectivity index (χ1v) is 3.83. The van der Waals surface area contributed by atoms with Gasteiger partial charge in [-0.25, -0.2) is 9.78 Å². The number of nitrogens with zero attached hydrogens (tertiary/aromatic N) is 1. The Morgan fingerprint density at radius 3 is 3.00 bits per heavy atom. The van der Waals surface area contributed by atoms with E-state index in [0.29, 0.717) is 16.1 Å². The van der Waals surface area contributed by atoms with Crippen LogP contribution in [-0.4, -0.2) is 16.1 Å². The van der Waals surface area contributed by atoms with Crippen molar-refractivity contribution in [3.63, 3.8) is 0 Å². The van der Waals surface area contributed by atoms with Gasteiger partial charge in [-0.15, -0.1) is 0 Å². The summed E-state index contributed by atoms with van der Waals surface area (Å²) in [5, 5.41) is 9.55. The quantitative estimate of drug-likeness (QED) is 0.712. The minimum atomic E-state index is -1.10. The van der Waals surface area contributed by atoms with Gasteiger partial charge in [-0.3, -0.25) is 0 Å². The molecular formula is C8H4ClNO3. The molecule has 0 bridgehead atoms. The number of hydrogen-bond donors (Lipinski definition) is 1. The van der Waals surface area contributed by atoms with Gasteiger partial charge in [0.2, 0.25) is 5.76 Å². The summed E-state index contributed by atoms with van der Waals surface area (Å²) in [6.45, 7) is 0. The Morgan fingerprint density at radius 2 is 2.31 bits per heavy atom. The van der Waals surface area contributed by atoms with Gasteiger partial charge in [-0.1, -0.05) is 11.6 Å². The van der Waals surface area contributed by atoms with Gasteiger partial charge in [0.05, 0.1) is 6.20 Å². The number of carbonyl (C=O) groups is 1. The highest BCUT2D eigenvalue weighted by Gasteiger charge is 2.10. The van der Waals surface area contributed by atoms with E-state index in [9.17, 15) is 4.79 Å². The third-order valence-electron chi connectivity index (χ3n) is 1.58. The van der Waals surface area contributed by atoms with Crippen LogP contribution in [0.5, 0.6) is 0 Å². The number of aromatic carboxylic acids is 1. The second-order valence-electron chi connectivity index (χ2n) is 2.46. The van der Waals surface area contributed by atoms with E-state index in [0.717, 1.165) is 0 Å². The molecule has 4 nitrogen and oxygen atoms in total. The van der Waals surface area contributed by atoms with E-state index in [2.05, 4.69) is 4.98 Å². The molecule has 0 atom stereocenters. The predicted octanol–water partition coefficient (Wildman–Crippen LogP) is 2.18. The lowest BCUT2D eigenvalue weighted by molar-refractivity contribution is 0.0665. The summed E-state index contributed by atoms with van der Waals surface area (Å²) in [5.74, 6) is -1.22. The van der Waals surface area contributed by atoms with Crippen LogP contribution >= 0.6 is 11.6 Å². The molecule has 0 fully saturated rings. The van der Waals surface area contributed by atoms with Crippen molar-refractivity contribution in [2.45, 2.75) is 0 Å². The maximum Gasteiger partial charge on any atom is 0.371 e. The van der Waals surface area contributed by atoms with Crippen LogP contribution in [0.1, 0.15) is 10.6 Å². The zero-order valence-electron chi connectivity index (χ0n) is 6.32. The largest absolute Gasteiger partial charge is 0.475 e. The fourth-order valence-electron chi connectivity index (χ4n) is 1.02. The van der Waals surface area contributed by atoms with Gasteiger partial charge in [0.25, 0.3) is 0 Å². The topological polar surface area (TPSA) is 63.3 Å². The molecule has 0 amide bonds. The highest BCUT2D eigenvalue weighted by Crippen LogP contribution is 2.20. The first-order chi connectivity index (χ1) is 6.16. The lowest BCUT2D eigenvalue weighted by atomic mass is 10.3. The molecule has 0 aromatic carbocycles. The summed E-state index contributed by atoms with van der Waals surface area (Å²) in [7, 11) is 0. The second-order valence-corrected chi connectivity index (χ2v) is 2.85. The van der Waals surface area contributed by atoms with Gasteiger partial charge >= 0.3 is 5.97 Å². The molecule has 66 valence electrons. The maximum absolute atomic E-state index is 10.5. The molecule has 0 aliphatic heterocycles. The van der Waals surface area contributed by atoms with Gasteiger partial charge in [-0.2, -0.15) is 0 Å². The molecule has 0 aliphatic carbocycles. The van der Waals surface area contributed by atoms with Gasteiger partial charge in [0.1, 0.15) is 5.15 Å². The van der Waals surface area contributed by atoms with Crippen LogP contribution in [0.15, 0.2) is 22.7 Å². The smallest absolute Gasteiger partial charge is 0.371 e. The highest BCUT2D eigenvalue weighted by molar-refractivity contribution is 6.30. The van der Waals surface area contributed by atoms with Gasteiger partial charge < -0.3 is 9.52 Å². The van der Waals surface area contributed by atoms with Gasteiger partial charge in [0.15, 0.2) is 5.58 Å². The molecule has 0 saturated heterocycles. The number of hydrogen-bond acceptors (Lipinski definition) is 3. The zero-order chi connectivity index (χ0) is 9.42. The third kappa shape index (κ3) is 1.36. The number of furan rings is 1. The Hall–Kier alpha value is -1.55. The van der Waals surface area contributed by atoms with Crippen molar-refractivity contribution in [1.29, 1.82) is 0 Å². The second kappa shape index (κ2) is 2.74. The third-order valence-corrected chi connectivity index (χ3v) is 1.79. The Labute approximate surface area is 77.8 Å². The molecule has 0 unspecified atom stereocenters. The number of carboxylic acid groups (broad SMARTS) is 1. The van der Waals surface area contributed by atoms with E-state index in [1.165, 1.54) is 12.3 Å². The molecule has 0 saturated carbocycles. The lowest BCUT2D eigenvalue weighted by Gasteiger charge is -1.86. The van der Waals surface area contributed by atoms with E-state index < -0.39 is 5.97 Å². The molecule has 5 heteroatoms. The zero-order valence-corrected chi connectivity index (χ0v) is 7.08. The highest BCUT2D eigenvalue weighted by atomic mass is 35.5. The van der Waals surface area contributed by atoms with Crippen LogP contribution < -0.4 is 0 Å². The van der Waals surface area contributed by atoms with Crippen molar-refractivity contribution in [2.24, 2.45) is 0 Å². The van der Waals surface area contributed by atoms with Crippen LogP contribution in [0.4, 0.5) is 0 Å². The van der Waals surface area contributed by atoms with Crippen LogP contribution in [0.2, 0.25) is 5.15 Å². The van der Waals surface area contributed by atoms with E-state index in [4.69, 9.17) is 21.1 Å². The SMILES string of the molecule is O=C(O)c1cc2cc(Cl)ncc2o1. The number of pyridine rings is 1. The fraction of sp³-hybridized carbons (Fsp3) is 0. The Morgan fingerprint density at radius 1 is 1.54 bits per heavy atom. The van der Waals surface area contributed by atoms with Crippen LogP contribution in [0.3, 0.4) is 0 Å². The van der Waals surface area contributed by atoms with Gasteiger partial charge in [-0.05, 0) is 12.1 Å². The van der Waals surface area contributed by atoms with E-state index >= 15 is 0 Å². The molecule has 0 spiro atoms. The molecule has 2 rings (SSSR count). The average molecular weight is 198 g/mol. The van der Waals surface area contributed by atoms with Crippen LogP contribution in [0, 0.1) is 0 Å². The molecule has 0 radical (unpaired) electrons. The standard InChI is InChI=1S/C8H4ClNO3/c9-7-2-4-1-5(8(11)12)13-6(4)3-10-7/h1-3H,(H,11,12). The monoisotopic (exact) mass is 197 g/mol. The predicted molar refractivity (Wildman–Crippen MR) is 46.0 cm³/mol. The summed E-state index contributed by atoms with van der Waals surface area (Å²) in [5.41, 5.74) is 0.418. The molecule has 13 heavy (non-hydrogen) atoms. The average Bonchev–Trinajstić information content (AvgIpc) is 2.46. The van der Waals surface area contributed by atoms with Gasteiger partial charge in [0, 0.05) is 5.39 Å². The number of halogens is 1. The Balaban J connectivity index is 2.68. The van der Waals surface area contributed by atoms with Crippen molar-refractivity contribution in [1.82, 2.24) is 4.98 Å². The van der Waals surface area contributed by atoms with Crippen molar-refractivity contribution in [3.8, 4) is 0 Å². The normalized spacial score (nSPS) is 10.5. The first-order valence-electron chi connectivity index (χ1n) is 3.45. The minimum absolute atomic E-state index is 0.112. The van der Waals surface area contributed by atoms with Crippen molar-refractivity contribution in [3.05, 3.63) is 29.2 Å². The molecule has 2 heterocycles. The summed E-state index contributed by atoms with van der Waals surface area (Å²) >= 11 is 5.61. The molecule has 2 aromatic rings. The van der Waals surface area contributed by atoms with Crippen LogP contribution in [0.25, 0.3) is 11.0 Å². The maximum atomic E-state index is 10.5. The molecule has 2 aromatic heterocycles. The van der Waals surface area contributed by atoms with Crippen LogP contribution in [-0.2, 0) is 0 Å². The Kier molecular flexibility index (Phi) is 1.70. The molecule has 1 N–H and O–H groups in total. The molecule has 0 aliphatic rings. The van der Waals surface area contributed by atoms with E-state index in [-0.39, 0.29) is 5.76 Å². The first kappa shape index (κ1) is 8.07. The van der Waals surface area contributed by atoms with Crippen molar-refractivity contribution < 1.29 is 14.3 Å². The van der Waals surface area contributed by atoms with E-state index in [1.54, 1.807) is 6.07 Å². The summed E-state index contributed by atoms with van der Waals surface area (Å²) in [6, 6.07) is 2.96. The van der Waals surface area contributed by atoms with E-state index in [1.807, 2.05) is 0 Å². The van der Waals surface area contributed by atoms with Crippen molar-refractivity contribution >= 4 is 28.5 Å². The minimum Gasteiger partial charge on any atom is -0.475 e. The summed E-state index contributed by atoms with van der Waals surface area (Å²) in [4.78, 5) is 14.3. The summed E-state index contributed by atoms with van der Waals surface area (Å²) < 4.78 is 4.96. The number of aromatic nitrogens is 1. The number of fused-ring (bicyclic) bond motifs is 1.